The summed E-state index contributed by atoms with van der Waals surface area (Å²) < 4.78 is 13.8. The first-order valence-corrected chi connectivity index (χ1v) is 18.5. The van der Waals surface area contributed by atoms with Crippen LogP contribution in [0.5, 0.6) is 11.5 Å². The van der Waals surface area contributed by atoms with E-state index in [2.05, 4.69) is 121 Å². The number of unbranched alkanes of at least 4 members (excludes halogenated alkanes) is 1. The lowest BCUT2D eigenvalue weighted by atomic mass is 10.1. The third kappa shape index (κ3) is 15.1. The van der Waals surface area contributed by atoms with Crippen molar-refractivity contribution in [2.45, 2.75) is 32.1 Å². The van der Waals surface area contributed by atoms with Gasteiger partial charge in [-0.1, -0.05) is 42.1 Å². The van der Waals surface area contributed by atoms with E-state index >= 15 is 0 Å². The highest BCUT2D eigenvalue weighted by atomic mass is 79.9. The van der Waals surface area contributed by atoms with Crippen LogP contribution in [0.4, 0.5) is 0 Å². The number of hydrogen-bond acceptors (Lipinski definition) is 9. The van der Waals surface area contributed by atoms with Crippen molar-refractivity contribution in [3.05, 3.63) is 98.4 Å². The van der Waals surface area contributed by atoms with Gasteiger partial charge < -0.3 is 25.1 Å². The first-order valence-electron chi connectivity index (χ1n) is 16.9. The summed E-state index contributed by atoms with van der Waals surface area (Å²) in [7, 11) is 10.2. The van der Waals surface area contributed by atoms with Crippen LogP contribution in [0.1, 0.15) is 41.5 Å². The summed E-state index contributed by atoms with van der Waals surface area (Å²) in [5.41, 5.74) is 5.10. The van der Waals surface area contributed by atoms with Crippen molar-refractivity contribution in [1.82, 2.24) is 14.8 Å². The summed E-state index contributed by atoms with van der Waals surface area (Å²) >= 11 is 7.29. The fraction of sp³-hybridized carbons (Fsp3) is 0.421. The normalized spacial score (nSPS) is 12.1. The van der Waals surface area contributed by atoms with Gasteiger partial charge >= 0.3 is 0 Å². The highest BCUT2D eigenvalue weighted by Crippen LogP contribution is 2.27. The molecule has 3 aromatic carbocycles. The minimum absolute atomic E-state index is 0.539. The molecule has 50 heavy (non-hydrogen) atoms. The third-order valence-corrected chi connectivity index (χ3v) is 8.91. The van der Waals surface area contributed by atoms with Gasteiger partial charge in [0.1, 0.15) is 17.2 Å². The van der Waals surface area contributed by atoms with Crippen LogP contribution in [0.2, 0.25) is 0 Å². The van der Waals surface area contributed by atoms with E-state index in [0.717, 1.165) is 82.3 Å². The van der Waals surface area contributed by atoms with Crippen molar-refractivity contribution >= 4 is 49.5 Å². The summed E-state index contributed by atoms with van der Waals surface area (Å²) in [5, 5.41) is 14.5. The molecule has 0 saturated carbocycles. The van der Waals surface area contributed by atoms with Crippen LogP contribution in [0.25, 0.3) is 5.70 Å². The minimum atomic E-state index is 0.539. The Morgan fingerprint density at radius 2 is 1.36 bits per heavy atom. The van der Waals surface area contributed by atoms with Gasteiger partial charge in [0.05, 0.1) is 27.9 Å². The molecular formula is C38H52Br2N8O2. The maximum Gasteiger partial charge on any atom is 0.133 e. The number of hydrogen-bond donors (Lipinski definition) is 1. The van der Waals surface area contributed by atoms with Gasteiger partial charge in [-0.15, -0.1) is 5.11 Å². The molecular weight excluding hydrogens is 760 g/mol. The molecule has 0 aromatic heterocycles. The molecule has 0 aliphatic heterocycles. The van der Waals surface area contributed by atoms with Crippen molar-refractivity contribution < 1.29 is 9.47 Å². The Hall–Kier alpha value is -3.58. The number of hydrazone groups is 1. The molecule has 0 fully saturated rings. The van der Waals surface area contributed by atoms with Crippen LogP contribution in [-0.2, 0) is 12.8 Å². The predicted octanol–water partition coefficient (Wildman–Crippen LogP) is 7.75. The molecule has 0 saturated heterocycles. The fourth-order valence-electron chi connectivity index (χ4n) is 4.82. The largest absolute Gasteiger partial charge is 0.492 e. The number of likely N-dealkylation sites (N-methyl/N-ethyl adjacent to an activating group) is 1. The van der Waals surface area contributed by atoms with E-state index in [-0.39, 0.29) is 0 Å². The molecule has 0 amide bonds. The summed E-state index contributed by atoms with van der Waals surface area (Å²) in [6.45, 7) is 8.86. The lowest BCUT2D eigenvalue weighted by Crippen LogP contribution is -2.15. The zero-order valence-corrected chi connectivity index (χ0v) is 33.3. The third-order valence-electron chi connectivity index (χ3n) is 7.67. The van der Waals surface area contributed by atoms with E-state index in [4.69, 9.17) is 15.3 Å². The van der Waals surface area contributed by atoms with Crippen LogP contribution in [0, 0.1) is 0 Å². The summed E-state index contributed by atoms with van der Waals surface area (Å²) in [5.74, 6) is 7.48. The van der Waals surface area contributed by atoms with Gasteiger partial charge in [0.2, 0.25) is 0 Å². The van der Waals surface area contributed by atoms with E-state index in [1.165, 1.54) is 5.56 Å². The van der Waals surface area contributed by atoms with Gasteiger partial charge in [-0.05, 0) is 140 Å². The summed E-state index contributed by atoms with van der Waals surface area (Å²) in [4.78, 5) is 8.93. The van der Waals surface area contributed by atoms with Crippen molar-refractivity contribution in [3.63, 3.8) is 0 Å². The van der Waals surface area contributed by atoms with E-state index in [0.29, 0.717) is 37.7 Å². The van der Waals surface area contributed by atoms with Crippen molar-refractivity contribution in [3.8, 4) is 11.5 Å². The maximum absolute atomic E-state index is 5.95. The Morgan fingerprint density at radius 1 is 0.760 bits per heavy atom. The second-order valence-corrected chi connectivity index (χ2v) is 14.3. The van der Waals surface area contributed by atoms with Crippen molar-refractivity contribution in [2.75, 3.05) is 74.6 Å². The highest BCUT2D eigenvalue weighted by molar-refractivity contribution is 9.10. The van der Waals surface area contributed by atoms with Crippen LogP contribution in [0.15, 0.2) is 96.6 Å². The zero-order chi connectivity index (χ0) is 36.3. The topological polar surface area (TPSA) is 104 Å². The van der Waals surface area contributed by atoms with Gasteiger partial charge in [0.25, 0.3) is 0 Å². The molecule has 10 nitrogen and oxygen atoms in total. The minimum Gasteiger partial charge on any atom is -0.492 e. The summed E-state index contributed by atoms with van der Waals surface area (Å²) in [6, 6.07) is 20.1. The molecule has 0 aliphatic carbocycles. The molecule has 0 aliphatic rings. The van der Waals surface area contributed by atoms with Crippen molar-refractivity contribution in [1.29, 1.82) is 0 Å². The van der Waals surface area contributed by atoms with Gasteiger partial charge in [0, 0.05) is 44.0 Å². The van der Waals surface area contributed by atoms with Crippen molar-refractivity contribution in [2.24, 2.45) is 26.3 Å². The second-order valence-electron chi connectivity index (χ2n) is 12.5. The highest BCUT2D eigenvalue weighted by Gasteiger charge is 2.08. The Labute approximate surface area is 315 Å². The number of nitrogens with two attached hydrogens (primary N) is 1. The quantitative estimate of drug-likeness (QED) is 0.0366. The molecule has 0 radical (unpaired) electrons. The first kappa shape index (κ1) is 40.8. The average molecular weight is 813 g/mol. The molecule has 3 aromatic rings. The van der Waals surface area contributed by atoms with Gasteiger partial charge in [-0.3, -0.25) is 10.0 Å². The fourth-order valence-corrected chi connectivity index (χ4v) is 5.90. The number of ether oxygens (including phenoxy) is 2. The van der Waals surface area contributed by atoms with Gasteiger partial charge in [-0.2, -0.15) is 5.10 Å². The Kier molecular flexibility index (Phi) is 18.2. The lowest BCUT2D eigenvalue weighted by Gasteiger charge is -2.13. The molecule has 0 bridgehead atoms. The van der Waals surface area contributed by atoms with E-state index in [1.807, 2.05) is 48.5 Å². The summed E-state index contributed by atoms with van der Waals surface area (Å²) in [6.07, 6.45) is 6.40. The molecule has 2 N–H and O–H groups in total. The Bertz CT molecular complexity index is 1590. The number of rotatable bonds is 22. The van der Waals surface area contributed by atoms with Crippen LogP contribution in [0.3, 0.4) is 0 Å². The molecule has 0 heterocycles. The Balaban J connectivity index is 1.46. The van der Waals surface area contributed by atoms with Gasteiger partial charge in [0.15, 0.2) is 0 Å². The monoisotopic (exact) mass is 810 g/mol. The SMILES string of the molecule is C=C(N=NN(C)CCc1ccc(OCCCCN(C)C)c(Br)c1)c1cccc(C(C=NCCc2ccc(OCCCN(C)C)c(Br)c2)=NN)c1. The van der Waals surface area contributed by atoms with Crippen LogP contribution < -0.4 is 15.3 Å². The zero-order valence-electron chi connectivity index (χ0n) is 30.1. The standard InChI is InChI=1S/C38H52Br2N8O2/c1-29(44-45-48(6)22-18-31-14-16-37(35(40)26-31)49-23-8-7-20-46(2)3)32-11-9-12-33(27-32)36(43-41)28-42-19-17-30-13-15-38(34(39)25-30)50-24-10-21-47(4)5/h9,11-16,25-28H,1,7-8,10,17-24,41H2,2-6H3. The van der Waals surface area contributed by atoms with Gasteiger partial charge in [-0.25, -0.2) is 0 Å². The molecule has 0 spiro atoms. The smallest absolute Gasteiger partial charge is 0.133 e. The average Bonchev–Trinajstić information content (AvgIpc) is 3.09. The van der Waals surface area contributed by atoms with Crippen LogP contribution >= 0.6 is 31.9 Å². The number of halogens is 2. The second kappa shape index (κ2) is 22.3. The Morgan fingerprint density at radius 3 is 1.98 bits per heavy atom. The number of benzene rings is 3. The number of nitrogens with zero attached hydrogens (tertiary/aromatic N) is 7. The predicted molar refractivity (Wildman–Crippen MR) is 215 cm³/mol. The molecule has 0 atom stereocenters. The van der Waals surface area contributed by atoms with E-state index < -0.39 is 0 Å². The molecule has 12 heteroatoms. The lowest BCUT2D eigenvalue weighted by molar-refractivity contribution is 0.280. The van der Waals surface area contributed by atoms with E-state index in [9.17, 15) is 0 Å². The maximum atomic E-state index is 5.95. The molecule has 270 valence electrons. The van der Waals surface area contributed by atoms with Crippen LogP contribution in [-0.4, -0.2) is 101 Å². The molecule has 0 unspecified atom stereocenters. The number of aliphatic imine (C=N–C) groups is 1. The first-order chi connectivity index (χ1) is 24.0. The van der Waals surface area contributed by atoms with E-state index in [1.54, 1.807) is 6.21 Å². The molecule has 3 rings (SSSR count).